The number of aromatic nitrogens is 1. The van der Waals surface area contributed by atoms with Gasteiger partial charge in [-0.3, -0.25) is 0 Å². The molecule has 3 nitrogen and oxygen atoms in total. The third-order valence-corrected chi connectivity index (χ3v) is 1.44. The number of nitrogens with zero attached hydrogens (tertiary/aromatic N) is 2. The molecule has 0 aliphatic carbocycles. The predicted octanol–water partition coefficient (Wildman–Crippen LogP) is 1.69. The summed E-state index contributed by atoms with van der Waals surface area (Å²) in [4.78, 5) is 4.21. The zero-order chi connectivity index (χ0) is 8.97. The summed E-state index contributed by atoms with van der Waals surface area (Å²) in [5, 5.41) is 11.7. The van der Waals surface area contributed by atoms with Crippen molar-refractivity contribution in [2.24, 2.45) is 0 Å². The number of rotatable bonds is 2. The molecule has 0 radical (unpaired) electrons. The van der Waals surface area contributed by atoms with E-state index in [-0.39, 0.29) is 0 Å². The molecular formula is C9H11N3. The van der Waals surface area contributed by atoms with Crippen LogP contribution in [0.15, 0.2) is 12.1 Å². The zero-order valence-electron chi connectivity index (χ0n) is 7.26. The van der Waals surface area contributed by atoms with E-state index in [1.165, 1.54) is 0 Å². The van der Waals surface area contributed by atoms with E-state index in [9.17, 15) is 0 Å². The molecule has 1 N–H and O–H groups in total. The maximum atomic E-state index is 8.65. The Bertz CT molecular complexity index is 312. The van der Waals surface area contributed by atoms with E-state index in [1.807, 2.05) is 13.8 Å². The summed E-state index contributed by atoms with van der Waals surface area (Å²) in [6.07, 6.45) is 0. The highest BCUT2D eigenvalue weighted by Crippen LogP contribution is 2.08. The number of nitriles is 1. The quantitative estimate of drug-likeness (QED) is 0.718. The van der Waals surface area contributed by atoms with Crippen LogP contribution in [0.3, 0.4) is 0 Å². The van der Waals surface area contributed by atoms with E-state index in [0.717, 1.165) is 18.1 Å². The average molecular weight is 161 g/mol. The highest BCUT2D eigenvalue weighted by molar-refractivity contribution is 5.44. The van der Waals surface area contributed by atoms with Crippen LogP contribution in [0.1, 0.15) is 18.2 Å². The van der Waals surface area contributed by atoms with Crippen molar-refractivity contribution in [1.29, 1.82) is 5.26 Å². The number of anilines is 1. The second-order valence-electron chi connectivity index (χ2n) is 2.52. The van der Waals surface area contributed by atoms with Gasteiger partial charge in [-0.1, -0.05) is 0 Å². The molecule has 3 heteroatoms. The van der Waals surface area contributed by atoms with Crippen molar-refractivity contribution in [3.05, 3.63) is 23.4 Å². The van der Waals surface area contributed by atoms with E-state index < -0.39 is 0 Å². The van der Waals surface area contributed by atoms with E-state index in [4.69, 9.17) is 5.26 Å². The second-order valence-corrected chi connectivity index (χ2v) is 2.52. The fourth-order valence-electron chi connectivity index (χ4n) is 1.00. The van der Waals surface area contributed by atoms with Gasteiger partial charge < -0.3 is 5.32 Å². The van der Waals surface area contributed by atoms with Gasteiger partial charge in [-0.25, -0.2) is 4.98 Å². The molecule has 0 spiro atoms. The van der Waals surface area contributed by atoms with Crippen molar-refractivity contribution in [2.45, 2.75) is 13.8 Å². The van der Waals surface area contributed by atoms with Gasteiger partial charge in [0.2, 0.25) is 0 Å². The molecule has 0 saturated carbocycles. The van der Waals surface area contributed by atoms with E-state index in [1.54, 1.807) is 12.1 Å². The van der Waals surface area contributed by atoms with Crippen molar-refractivity contribution < 1.29 is 0 Å². The highest BCUT2D eigenvalue weighted by Gasteiger charge is 1.96. The molecule has 1 aromatic heterocycles. The van der Waals surface area contributed by atoms with Gasteiger partial charge in [-0.2, -0.15) is 5.26 Å². The molecule has 0 bridgehead atoms. The summed E-state index contributed by atoms with van der Waals surface area (Å²) in [6.45, 7) is 4.69. The second kappa shape index (κ2) is 3.72. The third-order valence-electron chi connectivity index (χ3n) is 1.44. The number of pyridine rings is 1. The van der Waals surface area contributed by atoms with Crippen molar-refractivity contribution in [3.8, 4) is 6.07 Å². The molecule has 62 valence electrons. The largest absolute Gasteiger partial charge is 0.370 e. The van der Waals surface area contributed by atoms with Crippen LogP contribution >= 0.6 is 0 Å². The van der Waals surface area contributed by atoms with Crippen molar-refractivity contribution in [2.75, 3.05) is 11.9 Å². The molecule has 0 atom stereocenters. The lowest BCUT2D eigenvalue weighted by atomic mass is 10.2. The van der Waals surface area contributed by atoms with Crippen LogP contribution in [0.2, 0.25) is 0 Å². The normalized spacial score (nSPS) is 9.08. The lowest BCUT2D eigenvalue weighted by molar-refractivity contribution is 1.12. The topological polar surface area (TPSA) is 48.7 Å². The Morgan fingerprint density at radius 2 is 2.33 bits per heavy atom. The Balaban J connectivity index is 3.00. The third kappa shape index (κ3) is 1.96. The van der Waals surface area contributed by atoms with Gasteiger partial charge in [-0.15, -0.1) is 0 Å². The van der Waals surface area contributed by atoms with Crippen LogP contribution in [0.5, 0.6) is 0 Å². The van der Waals surface area contributed by atoms with E-state index in [2.05, 4.69) is 16.4 Å². The molecular weight excluding hydrogens is 150 g/mol. The molecule has 0 saturated heterocycles. The van der Waals surface area contributed by atoms with Crippen LogP contribution in [0.25, 0.3) is 0 Å². The number of nitrogens with one attached hydrogen (secondary N) is 1. The van der Waals surface area contributed by atoms with Gasteiger partial charge in [0, 0.05) is 12.2 Å². The summed E-state index contributed by atoms with van der Waals surface area (Å²) >= 11 is 0. The molecule has 0 aliphatic heterocycles. The number of hydrogen-bond acceptors (Lipinski definition) is 3. The molecule has 12 heavy (non-hydrogen) atoms. The minimum Gasteiger partial charge on any atom is -0.370 e. The first-order valence-corrected chi connectivity index (χ1v) is 3.89. The smallest absolute Gasteiger partial charge is 0.127 e. The van der Waals surface area contributed by atoms with Gasteiger partial charge >= 0.3 is 0 Å². The molecule has 0 aliphatic rings. The molecule has 1 rings (SSSR count). The molecule has 0 aromatic carbocycles. The monoisotopic (exact) mass is 161 g/mol. The van der Waals surface area contributed by atoms with Crippen LogP contribution in [-0.4, -0.2) is 11.5 Å². The molecule has 0 fully saturated rings. The lowest BCUT2D eigenvalue weighted by Crippen LogP contribution is -2.00. The summed E-state index contributed by atoms with van der Waals surface area (Å²) in [6, 6.07) is 5.60. The van der Waals surface area contributed by atoms with Crippen molar-refractivity contribution >= 4 is 5.82 Å². The van der Waals surface area contributed by atoms with Gasteiger partial charge in [0.15, 0.2) is 0 Å². The van der Waals surface area contributed by atoms with Gasteiger partial charge in [-0.05, 0) is 26.0 Å². The molecule has 0 amide bonds. The summed E-state index contributed by atoms with van der Waals surface area (Å²) in [5.41, 5.74) is 1.52. The standard InChI is InChI=1S/C9H11N3/c1-3-11-9-5-8(6-10)4-7(2)12-9/h4-5H,3H2,1-2H3,(H,11,12). The molecule has 1 aromatic rings. The van der Waals surface area contributed by atoms with E-state index >= 15 is 0 Å². The first-order valence-electron chi connectivity index (χ1n) is 3.89. The number of hydrogen-bond donors (Lipinski definition) is 1. The Labute approximate surface area is 72.1 Å². The molecule has 1 heterocycles. The minimum atomic E-state index is 0.651. The van der Waals surface area contributed by atoms with E-state index in [0.29, 0.717) is 5.56 Å². The predicted molar refractivity (Wildman–Crippen MR) is 47.9 cm³/mol. The van der Waals surface area contributed by atoms with Crippen LogP contribution in [0.4, 0.5) is 5.82 Å². The van der Waals surface area contributed by atoms with Gasteiger partial charge in [0.05, 0.1) is 11.6 Å². The average Bonchev–Trinajstić information content (AvgIpc) is 2.04. The summed E-state index contributed by atoms with van der Waals surface area (Å²) in [5.74, 6) is 0.772. The van der Waals surface area contributed by atoms with Crippen molar-refractivity contribution in [3.63, 3.8) is 0 Å². The van der Waals surface area contributed by atoms with Crippen LogP contribution in [0, 0.1) is 18.3 Å². The summed E-state index contributed by atoms with van der Waals surface area (Å²) in [7, 11) is 0. The van der Waals surface area contributed by atoms with Gasteiger partial charge in [0.1, 0.15) is 5.82 Å². The van der Waals surface area contributed by atoms with Crippen LogP contribution in [-0.2, 0) is 0 Å². The summed E-state index contributed by atoms with van der Waals surface area (Å²) < 4.78 is 0. The minimum absolute atomic E-state index is 0.651. The maximum absolute atomic E-state index is 8.65. The molecule has 0 unspecified atom stereocenters. The SMILES string of the molecule is CCNc1cc(C#N)cc(C)n1. The first kappa shape index (κ1) is 8.54. The Hall–Kier alpha value is -1.56. The maximum Gasteiger partial charge on any atom is 0.127 e. The Morgan fingerprint density at radius 1 is 1.58 bits per heavy atom. The fourth-order valence-corrected chi connectivity index (χ4v) is 1.00. The van der Waals surface area contributed by atoms with Crippen LogP contribution < -0.4 is 5.32 Å². The van der Waals surface area contributed by atoms with Gasteiger partial charge in [0.25, 0.3) is 0 Å². The number of aryl methyl sites for hydroxylation is 1. The highest BCUT2D eigenvalue weighted by atomic mass is 15.0. The fraction of sp³-hybridized carbons (Fsp3) is 0.333. The first-order chi connectivity index (χ1) is 5.76. The van der Waals surface area contributed by atoms with Crippen molar-refractivity contribution in [1.82, 2.24) is 4.98 Å². The Morgan fingerprint density at radius 3 is 2.92 bits per heavy atom. The Kier molecular flexibility index (Phi) is 2.65. The zero-order valence-corrected chi connectivity index (χ0v) is 7.26. The lowest BCUT2D eigenvalue weighted by Gasteiger charge is -2.02.